The second kappa shape index (κ2) is 7.78. The molecule has 20 heavy (non-hydrogen) atoms. The van der Waals surface area contributed by atoms with E-state index in [-0.39, 0.29) is 0 Å². The average molecular weight is 271 g/mol. The van der Waals surface area contributed by atoms with Crippen LogP contribution >= 0.6 is 0 Å². The topological polar surface area (TPSA) is 21.3 Å². The number of benzene rings is 1. The van der Waals surface area contributed by atoms with Gasteiger partial charge in [0, 0.05) is 11.4 Å². The van der Waals surface area contributed by atoms with Crippen LogP contribution in [0.1, 0.15) is 39.5 Å². The molecule has 0 bridgehead atoms. The van der Waals surface area contributed by atoms with Gasteiger partial charge in [-0.05, 0) is 61.9 Å². The molecule has 0 amide bonds. The van der Waals surface area contributed by atoms with E-state index < -0.39 is 0 Å². The van der Waals surface area contributed by atoms with Crippen LogP contribution in [0.25, 0.3) is 0 Å². The second-order valence-corrected chi connectivity index (χ2v) is 5.69. The molecule has 0 fully saturated rings. The van der Waals surface area contributed by atoms with Crippen LogP contribution in [-0.4, -0.2) is 6.61 Å². The molecule has 0 spiro atoms. The fraction of sp³-hybridized carbons (Fsp3) is 0.444. The normalized spacial score (nSPS) is 14.2. The SMILES string of the molecule is CC(C)CCCOc1ccc(NC2=CC=CCC2)cc1. The highest BCUT2D eigenvalue weighted by Crippen LogP contribution is 2.20. The van der Waals surface area contributed by atoms with Crippen molar-refractivity contribution in [1.29, 1.82) is 0 Å². The maximum Gasteiger partial charge on any atom is 0.119 e. The zero-order chi connectivity index (χ0) is 14.2. The van der Waals surface area contributed by atoms with Crippen molar-refractivity contribution >= 4 is 5.69 Å². The molecule has 2 heteroatoms. The minimum atomic E-state index is 0.753. The monoisotopic (exact) mass is 271 g/mol. The Morgan fingerprint density at radius 2 is 2.00 bits per heavy atom. The van der Waals surface area contributed by atoms with Crippen LogP contribution < -0.4 is 10.1 Å². The van der Waals surface area contributed by atoms with Crippen molar-refractivity contribution in [3.8, 4) is 5.75 Å². The third-order valence-corrected chi connectivity index (χ3v) is 3.37. The number of hydrogen-bond acceptors (Lipinski definition) is 2. The molecule has 108 valence electrons. The van der Waals surface area contributed by atoms with Crippen LogP contribution in [0.2, 0.25) is 0 Å². The maximum atomic E-state index is 5.75. The minimum Gasteiger partial charge on any atom is -0.494 e. The summed E-state index contributed by atoms with van der Waals surface area (Å²) in [5.74, 6) is 1.71. The zero-order valence-corrected chi connectivity index (χ0v) is 12.6. The molecule has 1 aliphatic rings. The fourth-order valence-corrected chi connectivity index (χ4v) is 2.21. The van der Waals surface area contributed by atoms with E-state index in [1.807, 2.05) is 12.1 Å². The minimum absolute atomic E-state index is 0.753. The smallest absolute Gasteiger partial charge is 0.119 e. The van der Waals surface area contributed by atoms with Crippen LogP contribution in [0.4, 0.5) is 5.69 Å². The molecule has 1 aromatic carbocycles. The summed E-state index contributed by atoms with van der Waals surface area (Å²) in [6.07, 6.45) is 11.0. The first-order chi connectivity index (χ1) is 9.74. The molecule has 1 aliphatic carbocycles. The van der Waals surface area contributed by atoms with Gasteiger partial charge in [0.05, 0.1) is 6.61 Å². The molecule has 0 saturated carbocycles. The predicted molar refractivity (Wildman–Crippen MR) is 86.1 cm³/mol. The number of hydrogen-bond donors (Lipinski definition) is 1. The lowest BCUT2D eigenvalue weighted by atomic mass is 10.1. The van der Waals surface area contributed by atoms with Crippen LogP contribution in [0.5, 0.6) is 5.75 Å². The van der Waals surface area contributed by atoms with Gasteiger partial charge in [0.2, 0.25) is 0 Å². The number of nitrogens with one attached hydrogen (secondary N) is 1. The summed E-state index contributed by atoms with van der Waals surface area (Å²) in [6, 6.07) is 8.24. The molecule has 0 atom stereocenters. The van der Waals surface area contributed by atoms with Gasteiger partial charge >= 0.3 is 0 Å². The molecule has 1 N–H and O–H groups in total. The molecule has 0 heterocycles. The van der Waals surface area contributed by atoms with Crippen LogP contribution in [0.15, 0.2) is 48.2 Å². The van der Waals surface area contributed by atoms with Crippen molar-refractivity contribution in [3.05, 3.63) is 48.2 Å². The van der Waals surface area contributed by atoms with E-state index in [1.165, 1.54) is 12.1 Å². The Balaban J connectivity index is 1.77. The zero-order valence-electron chi connectivity index (χ0n) is 12.6. The van der Waals surface area contributed by atoms with E-state index in [1.54, 1.807) is 0 Å². The van der Waals surface area contributed by atoms with E-state index in [4.69, 9.17) is 4.74 Å². The Hall–Kier alpha value is -1.70. The van der Waals surface area contributed by atoms with Crippen molar-refractivity contribution in [2.45, 2.75) is 39.5 Å². The summed E-state index contributed by atoms with van der Waals surface area (Å²) < 4.78 is 5.75. The van der Waals surface area contributed by atoms with Crippen molar-refractivity contribution in [3.63, 3.8) is 0 Å². The van der Waals surface area contributed by atoms with Gasteiger partial charge in [-0.2, -0.15) is 0 Å². The highest BCUT2D eigenvalue weighted by atomic mass is 16.5. The Morgan fingerprint density at radius 1 is 1.20 bits per heavy atom. The molecule has 0 radical (unpaired) electrons. The van der Waals surface area contributed by atoms with Crippen LogP contribution in [-0.2, 0) is 0 Å². The molecule has 1 aromatic rings. The Labute approximate surface area is 122 Å². The second-order valence-electron chi connectivity index (χ2n) is 5.69. The maximum absolute atomic E-state index is 5.75. The summed E-state index contributed by atoms with van der Waals surface area (Å²) in [7, 11) is 0. The number of anilines is 1. The number of rotatable bonds is 7. The molecule has 0 aliphatic heterocycles. The van der Waals surface area contributed by atoms with E-state index in [9.17, 15) is 0 Å². The first kappa shape index (κ1) is 14.7. The van der Waals surface area contributed by atoms with Crippen molar-refractivity contribution in [2.75, 3.05) is 11.9 Å². The van der Waals surface area contributed by atoms with E-state index >= 15 is 0 Å². The summed E-state index contributed by atoms with van der Waals surface area (Å²) in [5, 5.41) is 3.44. The lowest BCUT2D eigenvalue weighted by Crippen LogP contribution is -2.02. The molecule has 2 rings (SSSR count). The molecule has 0 aromatic heterocycles. The fourth-order valence-electron chi connectivity index (χ4n) is 2.21. The summed E-state index contributed by atoms with van der Waals surface area (Å²) in [4.78, 5) is 0. The third-order valence-electron chi connectivity index (χ3n) is 3.37. The van der Waals surface area contributed by atoms with Gasteiger partial charge in [0.1, 0.15) is 5.75 Å². The first-order valence-corrected chi connectivity index (χ1v) is 7.59. The van der Waals surface area contributed by atoms with Gasteiger partial charge < -0.3 is 10.1 Å². The first-order valence-electron chi connectivity index (χ1n) is 7.59. The number of ether oxygens (including phenoxy) is 1. The average Bonchev–Trinajstić information content (AvgIpc) is 2.46. The quantitative estimate of drug-likeness (QED) is 0.693. The molecule has 0 saturated heterocycles. The summed E-state index contributed by atoms with van der Waals surface area (Å²) in [6.45, 7) is 5.30. The lowest BCUT2D eigenvalue weighted by Gasteiger charge is -2.13. The Morgan fingerprint density at radius 3 is 2.65 bits per heavy atom. The summed E-state index contributed by atoms with van der Waals surface area (Å²) in [5.41, 5.74) is 2.40. The van der Waals surface area contributed by atoms with E-state index in [0.717, 1.165) is 43.2 Å². The third kappa shape index (κ3) is 5.12. The lowest BCUT2D eigenvalue weighted by molar-refractivity contribution is 0.298. The van der Waals surface area contributed by atoms with Crippen LogP contribution in [0.3, 0.4) is 0 Å². The van der Waals surface area contributed by atoms with Gasteiger partial charge in [-0.1, -0.05) is 26.0 Å². The molecule has 2 nitrogen and oxygen atoms in total. The molecular formula is C18H25NO. The standard InChI is InChI=1S/C18H25NO/c1-15(2)7-6-14-20-18-12-10-17(11-13-18)19-16-8-4-3-5-9-16/h3-4,8,10-13,15,19H,5-7,9,14H2,1-2H3. The van der Waals surface area contributed by atoms with Gasteiger partial charge in [-0.15, -0.1) is 0 Å². The molecule has 0 unspecified atom stereocenters. The van der Waals surface area contributed by atoms with Crippen LogP contribution in [0, 0.1) is 5.92 Å². The molecular weight excluding hydrogens is 246 g/mol. The van der Waals surface area contributed by atoms with Gasteiger partial charge in [0.15, 0.2) is 0 Å². The summed E-state index contributed by atoms with van der Waals surface area (Å²) >= 11 is 0. The Bertz CT molecular complexity index is 457. The number of allylic oxidation sites excluding steroid dienone is 4. The van der Waals surface area contributed by atoms with Gasteiger partial charge in [0.25, 0.3) is 0 Å². The van der Waals surface area contributed by atoms with Crippen molar-refractivity contribution in [2.24, 2.45) is 5.92 Å². The van der Waals surface area contributed by atoms with Crippen molar-refractivity contribution < 1.29 is 4.74 Å². The van der Waals surface area contributed by atoms with Crippen molar-refractivity contribution in [1.82, 2.24) is 0 Å². The highest BCUT2D eigenvalue weighted by Gasteiger charge is 2.01. The largest absolute Gasteiger partial charge is 0.494 e. The Kier molecular flexibility index (Phi) is 5.72. The van der Waals surface area contributed by atoms with E-state index in [2.05, 4.69) is 49.5 Å². The van der Waals surface area contributed by atoms with E-state index in [0.29, 0.717) is 0 Å². The van der Waals surface area contributed by atoms with Gasteiger partial charge in [-0.25, -0.2) is 0 Å². The highest BCUT2D eigenvalue weighted by molar-refractivity contribution is 5.51. The predicted octanol–water partition coefficient (Wildman–Crippen LogP) is 5.15. The van der Waals surface area contributed by atoms with Gasteiger partial charge in [-0.3, -0.25) is 0 Å².